The monoisotopic (exact) mass is 268 g/mol. The molecule has 0 aliphatic rings. The van der Waals surface area contributed by atoms with Crippen LogP contribution in [0.5, 0.6) is 0 Å². The number of rotatable bonds is 4. The van der Waals surface area contributed by atoms with Crippen LogP contribution in [0.3, 0.4) is 0 Å². The molecule has 3 aromatic heterocycles. The fourth-order valence-corrected chi connectivity index (χ4v) is 1.98. The van der Waals surface area contributed by atoms with Crippen molar-refractivity contribution < 1.29 is 9.90 Å². The zero-order valence-corrected chi connectivity index (χ0v) is 10.6. The summed E-state index contributed by atoms with van der Waals surface area (Å²) in [5.74, 6) is -0.822. The number of aromatic nitrogens is 4. The molecule has 0 atom stereocenters. The van der Waals surface area contributed by atoms with E-state index in [0.717, 1.165) is 22.6 Å². The Bertz CT molecular complexity index is 752. The van der Waals surface area contributed by atoms with E-state index in [1.165, 1.54) is 0 Å². The molecule has 0 bridgehead atoms. The topological polar surface area (TPSA) is 80.4 Å². The van der Waals surface area contributed by atoms with Gasteiger partial charge in [0, 0.05) is 36.6 Å². The number of aliphatic carboxylic acids is 1. The lowest BCUT2D eigenvalue weighted by Crippen LogP contribution is -1.97. The van der Waals surface area contributed by atoms with E-state index in [0.29, 0.717) is 6.42 Å². The highest BCUT2D eigenvalue weighted by Crippen LogP contribution is 2.17. The Morgan fingerprint density at radius 3 is 2.85 bits per heavy atom. The fraction of sp³-hybridized carbons (Fsp3) is 0.143. The van der Waals surface area contributed by atoms with E-state index >= 15 is 0 Å². The standard InChI is InChI=1S/C14H12N4O2/c19-14(20)2-1-11-8-18-9-16-12(7-13(18)17-11)10-3-5-15-6-4-10/h3-9H,1-2H2,(H,19,20). The van der Waals surface area contributed by atoms with Crippen molar-refractivity contribution in [3.05, 3.63) is 48.8 Å². The number of carbonyl (C=O) groups is 1. The molecule has 0 aliphatic heterocycles. The lowest BCUT2D eigenvalue weighted by atomic mass is 10.2. The zero-order valence-electron chi connectivity index (χ0n) is 10.6. The summed E-state index contributed by atoms with van der Waals surface area (Å²) in [6, 6.07) is 5.64. The van der Waals surface area contributed by atoms with Gasteiger partial charge >= 0.3 is 5.97 Å². The van der Waals surface area contributed by atoms with Gasteiger partial charge in [0.1, 0.15) is 12.0 Å². The molecule has 0 spiro atoms. The Kier molecular flexibility index (Phi) is 3.12. The van der Waals surface area contributed by atoms with E-state index < -0.39 is 5.97 Å². The lowest BCUT2D eigenvalue weighted by Gasteiger charge is -2.00. The first-order valence-electron chi connectivity index (χ1n) is 6.18. The molecule has 1 N–H and O–H groups in total. The van der Waals surface area contributed by atoms with Gasteiger partial charge in [-0.2, -0.15) is 0 Å². The largest absolute Gasteiger partial charge is 0.481 e. The van der Waals surface area contributed by atoms with Crippen molar-refractivity contribution in [1.82, 2.24) is 19.4 Å². The number of carboxylic acids is 1. The van der Waals surface area contributed by atoms with Crippen LogP contribution in [0.1, 0.15) is 12.1 Å². The van der Waals surface area contributed by atoms with Crippen molar-refractivity contribution in [2.45, 2.75) is 12.8 Å². The highest BCUT2D eigenvalue weighted by molar-refractivity contribution is 5.67. The molecule has 0 saturated carbocycles. The van der Waals surface area contributed by atoms with E-state index in [2.05, 4.69) is 15.0 Å². The normalized spacial score (nSPS) is 10.8. The molecular weight excluding hydrogens is 256 g/mol. The van der Waals surface area contributed by atoms with Gasteiger partial charge in [-0.1, -0.05) is 0 Å². The van der Waals surface area contributed by atoms with E-state index in [4.69, 9.17) is 5.11 Å². The van der Waals surface area contributed by atoms with E-state index in [9.17, 15) is 4.79 Å². The number of fused-ring (bicyclic) bond motifs is 1. The third kappa shape index (κ3) is 2.49. The fourth-order valence-electron chi connectivity index (χ4n) is 1.98. The average Bonchev–Trinajstić information content (AvgIpc) is 2.88. The highest BCUT2D eigenvalue weighted by atomic mass is 16.4. The van der Waals surface area contributed by atoms with Gasteiger partial charge < -0.3 is 5.11 Å². The van der Waals surface area contributed by atoms with Gasteiger partial charge in [0.2, 0.25) is 0 Å². The van der Waals surface area contributed by atoms with Crippen LogP contribution in [0.4, 0.5) is 0 Å². The summed E-state index contributed by atoms with van der Waals surface area (Å²) in [7, 11) is 0. The van der Waals surface area contributed by atoms with Gasteiger partial charge in [-0.05, 0) is 12.1 Å². The average molecular weight is 268 g/mol. The molecule has 0 aliphatic carbocycles. The van der Waals surface area contributed by atoms with Crippen LogP contribution in [0.2, 0.25) is 0 Å². The predicted molar refractivity (Wildman–Crippen MR) is 72.2 cm³/mol. The summed E-state index contributed by atoms with van der Waals surface area (Å²) in [5, 5.41) is 8.69. The number of hydrogen-bond acceptors (Lipinski definition) is 4. The number of pyridine rings is 1. The van der Waals surface area contributed by atoms with Gasteiger partial charge in [0.05, 0.1) is 17.8 Å². The molecule has 20 heavy (non-hydrogen) atoms. The van der Waals surface area contributed by atoms with Crippen LogP contribution < -0.4 is 0 Å². The van der Waals surface area contributed by atoms with Gasteiger partial charge in [0.25, 0.3) is 0 Å². The maximum absolute atomic E-state index is 10.6. The third-order valence-electron chi connectivity index (χ3n) is 2.97. The van der Waals surface area contributed by atoms with Gasteiger partial charge in [-0.3, -0.25) is 14.2 Å². The first-order valence-corrected chi connectivity index (χ1v) is 6.18. The van der Waals surface area contributed by atoms with Crippen LogP contribution in [0, 0.1) is 0 Å². The van der Waals surface area contributed by atoms with Gasteiger partial charge in [-0.25, -0.2) is 9.97 Å². The van der Waals surface area contributed by atoms with Crippen LogP contribution in [0.15, 0.2) is 43.1 Å². The summed E-state index contributed by atoms with van der Waals surface area (Å²) in [6.07, 6.45) is 7.41. The quantitative estimate of drug-likeness (QED) is 0.780. The molecule has 0 unspecified atom stereocenters. The smallest absolute Gasteiger partial charge is 0.303 e. The second-order valence-electron chi connectivity index (χ2n) is 4.40. The number of carboxylic acid groups (broad SMARTS) is 1. The molecule has 0 saturated heterocycles. The van der Waals surface area contributed by atoms with Crippen LogP contribution >= 0.6 is 0 Å². The number of aryl methyl sites for hydroxylation is 1. The Balaban J connectivity index is 1.93. The summed E-state index contributed by atoms with van der Waals surface area (Å²) in [4.78, 5) is 23.3. The van der Waals surface area contributed by atoms with Crippen molar-refractivity contribution in [3.63, 3.8) is 0 Å². The van der Waals surface area contributed by atoms with Crippen molar-refractivity contribution in [1.29, 1.82) is 0 Å². The van der Waals surface area contributed by atoms with Crippen LogP contribution in [-0.4, -0.2) is 30.4 Å². The Morgan fingerprint density at radius 2 is 2.10 bits per heavy atom. The molecule has 6 heteroatoms. The molecule has 3 rings (SSSR count). The summed E-state index contributed by atoms with van der Waals surface area (Å²) in [5.41, 5.74) is 3.29. The second kappa shape index (κ2) is 5.08. The summed E-state index contributed by atoms with van der Waals surface area (Å²) >= 11 is 0. The molecule has 3 heterocycles. The first kappa shape index (κ1) is 12.3. The predicted octanol–water partition coefficient (Wildman–Crippen LogP) is 1.81. The maximum Gasteiger partial charge on any atom is 0.303 e. The molecule has 0 amide bonds. The van der Waals surface area contributed by atoms with Crippen LogP contribution in [-0.2, 0) is 11.2 Å². The molecule has 0 radical (unpaired) electrons. The van der Waals surface area contributed by atoms with Gasteiger partial charge in [-0.15, -0.1) is 0 Å². The van der Waals surface area contributed by atoms with E-state index in [-0.39, 0.29) is 6.42 Å². The lowest BCUT2D eigenvalue weighted by molar-refractivity contribution is -0.136. The number of nitrogens with zero attached hydrogens (tertiary/aromatic N) is 4. The maximum atomic E-state index is 10.6. The minimum Gasteiger partial charge on any atom is -0.481 e. The first-order chi connectivity index (χ1) is 9.72. The van der Waals surface area contributed by atoms with Crippen molar-refractivity contribution in [3.8, 4) is 11.3 Å². The summed E-state index contributed by atoms with van der Waals surface area (Å²) in [6.45, 7) is 0. The SMILES string of the molecule is O=C(O)CCc1cn2cnc(-c3ccncc3)cc2n1. The Hall–Kier alpha value is -2.76. The molecule has 0 fully saturated rings. The van der Waals surface area contributed by atoms with Crippen molar-refractivity contribution >= 4 is 11.6 Å². The van der Waals surface area contributed by atoms with E-state index in [1.807, 2.05) is 24.4 Å². The Morgan fingerprint density at radius 1 is 1.30 bits per heavy atom. The Labute approximate surface area is 114 Å². The second-order valence-corrected chi connectivity index (χ2v) is 4.40. The highest BCUT2D eigenvalue weighted by Gasteiger charge is 2.06. The van der Waals surface area contributed by atoms with Crippen LogP contribution in [0.25, 0.3) is 16.9 Å². The summed E-state index contributed by atoms with van der Waals surface area (Å²) < 4.78 is 1.79. The molecular formula is C14H12N4O2. The van der Waals surface area contributed by atoms with E-state index in [1.54, 1.807) is 23.1 Å². The third-order valence-corrected chi connectivity index (χ3v) is 2.97. The minimum atomic E-state index is -0.822. The minimum absolute atomic E-state index is 0.0779. The molecule has 0 aromatic carbocycles. The molecule has 6 nitrogen and oxygen atoms in total. The van der Waals surface area contributed by atoms with Crippen molar-refractivity contribution in [2.24, 2.45) is 0 Å². The number of imidazole rings is 1. The zero-order chi connectivity index (χ0) is 13.9. The van der Waals surface area contributed by atoms with Gasteiger partial charge in [0.15, 0.2) is 0 Å². The molecule has 100 valence electrons. The molecule has 3 aromatic rings. The van der Waals surface area contributed by atoms with Crippen molar-refractivity contribution in [2.75, 3.05) is 0 Å². The number of hydrogen-bond donors (Lipinski definition) is 1.